The molecule has 0 atom stereocenters. The number of hydrazone groups is 1. The third-order valence-electron chi connectivity index (χ3n) is 4.40. The van der Waals surface area contributed by atoms with Crippen molar-refractivity contribution in [1.29, 1.82) is 0 Å². The lowest BCUT2D eigenvalue weighted by Gasteiger charge is -2.28. The second-order valence-corrected chi connectivity index (χ2v) is 7.75. The van der Waals surface area contributed by atoms with Crippen molar-refractivity contribution >= 4 is 23.0 Å². The molecule has 0 bridgehead atoms. The Balaban J connectivity index is 1.69. The van der Waals surface area contributed by atoms with E-state index in [1.54, 1.807) is 4.80 Å². The van der Waals surface area contributed by atoms with Gasteiger partial charge < -0.3 is 0 Å². The number of nitrogens with one attached hydrogen (secondary N) is 1. The van der Waals surface area contributed by atoms with Gasteiger partial charge in [-0.25, -0.2) is 0 Å². The number of hydrogen-bond donors (Lipinski definition) is 1. The second-order valence-electron chi connectivity index (χ2n) is 7.32. The molecule has 6 heteroatoms. The molecular formula is C20H20ClN5. The first kappa shape index (κ1) is 16.8. The summed E-state index contributed by atoms with van der Waals surface area (Å²) in [6.07, 6.45) is 1.73. The molecule has 4 rings (SSSR count). The monoisotopic (exact) mass is 365 g/mol. The topological polar surface area (TPSA) is 55.1 Å². The van der Waals surface area contributed by atoms with Crippen LogP contribution < -0.4 is 5.43 Å². The maximum Gasteiger partial charge on any atom is 0.132 e. The first-order valence-electron chi connectivity index (χ1n) is 8.60. The summed E-state index contributed by atoms with van der Waals surface area (Å²) in [6, 6.07) is 17.4. The van der Waals surface area contributed by atoms with Crippen molar-refractivity contribution < 1.29 is 0 Å². The molecular weight excluding hydrogens is 346 g/mol. The summed E-state index contributed by atoms with van der Waals surface area (Å²) < 4.78 is 0. The molecule has 26 heavy (non-hydrogen) atoms. The molecule has 1 heterocycles. The predicted octanol–water partition coefficient (Wildman–Crippen LogP) is 4.71. The van der Waals surface area contributed by atoms with Gasteiger partial charge in [-0.2, -0.15) is 15.0 Å². The van der Waals surface area contributed by atoms with Gasteiger partial charge in [-0.1, -0.05) is 43.6 Å². The van der Waals surface area contributed by atoms with Crippen LogP contribution in [0.15, 0.2) is 59.7 Å². The van der Waals surface area contributed by atoms with Gasteiger partial charge in [0.05, 0.1) is 22.8 Å². The van der Waals surface area contributed by atoms with Gasteiger partial charge in [0, 0.05) is 5.02 Å². The maximum absolute atomic E-state index is 5.94. The molecule has 0 fully saturated rings. The number of rotatable bonds is 3. The number of halogens is 1. The van der Waals surface area contributed by atoms with Crippen molar-refractivity contribution in [3.63, 3.8) is 0 Å². The van der Waals surface area contributed by atoms with E-state index in [4.69, 9.17) is 21.8 Å². The molecule has 1 aromatic heterocycles. The van der Waals surface area contributed by atoms with E-state index in [0.717, 1.165) is 41.3 Å². The molecule has 5 nitrogen and oxygen atoms in total. The summed E-state index contributed by atoms with van der Waals surface area (Å²) in [5.74, 6) is 0. The van der Waals surface area contributed by atoms with Gasteiger partial charge in [0.2, 0.25) is 0 Å². The summed E-state index contributed by atoms with van der Waals surface area (Å²) in [6.45, 7) is 4.46. The quantitative estimate of drug-likeness (QED) is 0.684. The lowest BCUT2D eigenvalue weighted by atomic mass is 9.77. The first-order chi connectivity index (χ1) is 12.5. The van der Waals surface area contributed by atoms with Crippen LogP contribution in [0, 0.1) is 5.41 Å². The highest BCUT2D eigenvalue weighted by atomic mass is 35.5. The summed E-state index contributed by atoms with van der Waals surface area (Å²) in [5, 5.41) is 14.8. The summed E-state index contributed by atoms with van der Waals surface area (Å²) in [5.41, 5.74) is 7.83. The van der Waals surface area contributed by atoms with E-state index >= 15 is 0 Å². The number of para-hydroxylation sites is 1. The number of fused-ring (bicyclic) bond motifs is 1. The minimum atomic E-state index is 0.0884. The highest BCUT2D eigenvalue weighted by Gasteiger charge is 2.33. The zero-order valence-corrected chi connectivity index (χ0v) is 15.5. The Morgan fingerprint density at radius 3 is 2.46 bits per heavy atom. The van der Waals surface area contributed by atoms with Crippen LogP contribution in [0.5, 0.6) is 0 Å². The van der Waals surface area contributed by atoms with Crippen LogP contribution in [0.1, 0.15) is 31.7 Å². The fourth-order valence-corrected chi connectivity index (χ4v) is 3.28. The van der Waals surface area contributed by atoms with E-state index in [1.165, 1.54) is 0 Å². The van der Waals surface area contributed by atoms with E-state index in [0.29, 0.717) is 5.02 Å². The molecule has 0 radical (unpaired) electrons. The molecule has 0 saturated carbocycles. The Kier molecular flexibility index (Phi) is 4.24. The third kappa shape index (κ3) is 3.48. The van der Waals surface area contributed by atoms with Crippen molar-refractivity contribution in [1.82, 2.24) is 15.0 Å². The van der Waals surface area contributed by atoms with Gasteiger partial charge in [0.15, 0.2) is 0 Å². The Morgan fingerprint density at radius 1 is 1.00 bits per heavy atom. The maximum atomic E-state index is 5.94. The molecule has 1 N–H and O–H groups in total. The predicted molar refractivity (Wildman–Crippen MR) is 105 cm³/mol. The number of nitrogens with zero attached hydrogens (tertiary/aromatic N) is 4. The molecule has 3 aromatic rings. The zero-order chi connectivity index (χ0) is 18.1. The minimum absolute atomic E-state index is 0.0884. The van der Waals surface area contributed by atoms with Crippen LogP contribution in [0.2, 0.25) is 5.02 Å². The Labute approximate surface area is 157 Å². The first-order valence-corrected chi connectivity index (χ1v) is 8.98. The lowest BCUT2D eigenvalue weighted by Crippen LogP contribution is -2.28. The van der Waals surface area contributed by atoms with Crippen molar-refractivity contribution in [3.05, 3.63) is 71.0 Å². The highest BCUT2D eigenvalue weighted by molar-refractivity contribution is 6.30. The average molecular weight is 366 g/mol. The summed E-state index contributed by atoms with van der Waals surface area (Å²) in [7, 11) is 0. The van der Waals surface area contributed by atoms with E-state index in [-0.39, 0.29) is 5.41 Å². The third-order valence-corrected chi connectivity index (χ3v) is 4.65. The van der Waals surface area contributed by atoms with E-state index in [9.17, 15) is 0 Å². The van der Waals surface area contributed by atoms with Crippen molar-refractivity contribution in [3.8, 4) is 5.69 Å². The van der Waals surface area contributed by atoms with Gasteiger partial charge in [-0.15, -0.1) is 5.10 Å². The van der Waals surface area contributed by atoms with Crippen LogP contribution in [0.3, 0.4) is 0 Å². The average Bonchev–Trinajstić information content (AvgIpc) is 3.04. The SMILES string of the molecule is CC1(C)C/C(=N/Nc2ccc(Cl)cc2)c2nn(-c3ccccc3)nc2C1. The van der Waals surface area contributed by atoms with Crippen molar-refractivity contribution in [2.45, 2.75) is 26.7 Å². The Hall–Kier alpha value is -2.66. The number of anilines is 1. The van der Waals surface area contributed by atoms with Gasteiger partial charge in [0.1, 0.15) is 5.69 Å². The standard InChI is InChI=1S/C20H20ClN5/c1-20(2)12-17(23-22-15-10-8-14(21)9-11-15)19-18(13-20)24-26(25-19)16-6-4-3-5-7-16/h3-11,22H,12-13H2,1-2H3/b23-17-. The Bertz CT molecular complexity index is 942. The molecule has 0 saturated heterocycles. The molecule has 0 unspecified atom stereocenters. The number of hydrogen-bond acceptors (Lipinski definition) is 4. The van der Waals surface area contributed by atoms with Gasteiger partial charge >= 0.3 is 0 Å². The van der Waals surface area contributed by atoms with Gasteiger partial charge in [-0.3, -0.25) is 5.43 Å². The highest BCUT2D eigenvalue weighted by Crippen LogP contribution is 2.34. The molecule has 1 aliphatic rings. The van der Waals surface area contributed by atoms with Gasteiger partial charge in [-0.05, 0) is 54.7 Å². The molecule has 0 spiro atoms. The fourth-order valence-electron chi connectivity index (χ4n) is 3.16. The van der Waals surface area contributed by atoms with Crippen LogP contribution in [0.25, 0.3) is 5.69 Å². The molecule has 0 aliphatic heterocycles. The molecule has 1 aliphatic carbocycles. The molecule has 132 valence electrons. The summed E-state index contributed by atoms with van der Waals surface area (Å²) in [4.78, 5) is 1.70. The molecule has 2 aromatic carbocycles. The number of benzene rings is 2. The second kappa shape index (κ2) is 6.57. The largest absolute Gasteiger partial charge is 0.278 e. The Morgan fingerprint density at radius 2 is 1.73 bits per heavy atom. The van der Waals surface area contributed by atoms with Crippen LogP contribution in [0.4, 0.5) is 5.69 Å². The van der Waals surface area contributed by atoms with Crippen molar-refractivity contribution in [2.24, 2.45) is 10.5 Å². The van der Waals surface area contributed by atoms with Crippen LogP contribution >= 0.6 is 11.6 Å². The lowest BCUT2D eigenvalue weighted by molar-refractivity contribution is 0.367. The van der Waals surface area contributed by atoms with Crippen LogP contribution in [-0.2, 0) is 6.42 Å². The normalized spacial score (nSPS) is 17.1. The van der Waals surface area contributed by atoms with E-state index in [2.05, 4.69) is 24.4 Å². The van der Waals surface area contributed by atoms with Crippen LogP contribution in [-0.4, -0.2) is 20.7 Å². The van der Waals surface area contributed by atoms with Crippen molar-refractivity contribution in [2.75, 3.05) is 5.43 Å². The number of aromatic nitrogens is 3. The summed E-state index contributed by atoms with van der Waals surface area (Å²) >= 11 is 5.94. The zero-order valence-electron chi connectivity index (χ0n) is 14.8. The smallest absolute Gasteiger partial charge is 0.132 e. The fraction of sp³-hybridized carbons (Fsp3) is 0.250. The van der Waals surface area contributed by atoms with E-state index < -0.39 is 0 Å². The van der Waals surface area contributed by atoms with Gasteiger partial charge in [0.25, 0.3) is 0 Å². The van der Waals surface area contributed by atoms with E-state index in [1.807, 2.05) is 54.6 Å². The molecule has 0 amide bonds. The minimum Gasteiger partial charge on any atom is -0.278 e.